The van der Waals surface area contributed by atoms with Crippen LogP contribution in [0.2, 0.25) is 0 Å². The lowest BCUT2D eigenvalue weighted by atomic mass is 9.79. The molecular weight excluding hydrogens is 228 g/mol. The van der Waals surface area contributed by atoms with Gasteiger partial charge in [0.2, 0.25) is 5.91 Å². The first kappa shape index (κ1) is 12.4. The quantitative estimate of drug-likeness (QED) is 0.768. The van der Waals surface area contributed by atoms with Crippen molar-refractivity contribution in [2.45, 2.75) is 44.8 Å². The molecule has 3 aliphatic rings. The van der Waals surface area contributed by atoms with E-state index in [4.69, 9.17) is 4.74 Å². The van der Waals surface area contributed by atoms with Gasteiger partial charge in [-0.05, 0) is 56.5 Å². The molecule has 0 spiro atoms. The fourth-order valence-corrected chi connectivity index (χ4v) is 3.74. The Labute approximate surface area is 109 Å². The zero-order valence-electron chi connectivity index (χ0n) is 11.2. The van der Waals surface area contributed by atoms with Gasteiger partial charge < -0.3 is 15.4 Å². The van der Waals surface area contributed by atoms with E-state index in [2.05, 4.69) is 17.6 Å². The largest absolute Gasteiger partial charge is 0.368 e. The third-order valence-electron chi connectivity index (χ3n) is 4.95. The second-order valence-electron chi connectivity index (χ2n) is 6.25. The van der Waals surface area contributed by atoms with Crippen LogP contribution in [0.4, 0.5) is 0 Å². The molecule has 2 heterocycles. The Kier molecular flexibility index (Phi) is 3.57. The third kappa shape index (κ3) is 2.41. The molecule has 1 saturated carbocycles. The summed E-state index contributed by atoms with van der Waals surface area (Å²) in [7, 11) is 0. The molecule has 0 aromatic heterocycles. The highest BCUT2D eigenvalue weighted by Crippen LogP contribution is 2.32. The number of rotatable bonds is 2. The summed E-state index contributed by atoms with van der Waals surface area (Å²) in [5, 5.41) is 6.68. The molecule has 3 unspecified atom stereocenters. The Morgan fingerprint density at radius 2 is 2.06 bits per heavy atom. The van der Waals surface area contributed by atoms with Crippen molar-refractivity contribution in [3.8, 4) is 0 Å². The molecule has 102 valence electrons. The normalized spacial score (nSPS) is 43.7. The highest BCUT2D eigenvalue weighted by molar-refractivity contribution is 5.81. The highest BCUT2D eigenvalue weighted by atomic mass is 16.5. The van der Waals surface area contributed by atoms with Crippen LogP contribution >= 0.6 is 0 Å². The topological polar surface area (TPSA) is 50.4 Å². The van der Waals surface area contributed by atoms with Crippen LogP contribution in [0.25, 0.3) is 0 Å². The van der Waals surface area contributed by atoms with Gasteiger partial charge in [0.15, 0.2) is 0 Å². The Morgan fingerprint density at radius 1 is 1.22 bits per heavy atom. The van der Waals surface area contributed by atoms with Gasteiger partial charge in [0.1, 0.15) is 6.10 Å². The van der Waals surface area contributed by atoms with Crippen molar-refractivity contribution in [3.63, 3.8) is 0 Å². The van der Waals surface area contributed by atoms with E-state index >= 15 is 0 Å². The molecule has 3 fully saturated rings. The van der Waals surface area contributed by atoms with E-state index in [9.17, 15) is 4.79 Å². The van der Waals surface area contributed by atoms with Gasteiger partial charge >= 0.3 is 0 Å². The van der Waals surface area contributed by atoms with Gasteiger partial charge in [-0.2, -0.15) is 0 Å². The minimum Gasteiger partial charge on any atom is -0.368 e. The predicted octanol–water partition coefficient (Wildman–Crippen LogP) is 0.916. The van der Waals surface area contributed by atoms with Crippen molar-refractivity contribution in [1.29, 1.82) is 0 Å². The molecule has 4 nitrogen and oxygen atoms in total. The Morgan fingerprint density at radius 3 is 2.83 bits per heavy atom. The van der Waals surface area contributed by atoms with Crippen molar-refractivity contribution >= 4 is 5.91 Å². The van der Waals surface area contributed by atoms with Gasteiger partial charge in [-0.15, -0.1) is 0 Å². The predicted molar refractivity (Wildman–Crippen MR) is 69.2 cm³/mol. The van der Waals surface area contributed by atoms with Crippen LogP contribution in [0.15, 0.2) is 0 Å². The molecule has 1 aliphatic carbocycles. The zero-order valence-corrected chi connectivity index (χ0v) is 11.2. The fraction of sp³-hybridized carbons (Fsp3) is 0.929. The molecule has 5 atom stereocenters. The zero-order chi connectivity index (χ0) is 12.5. The second kappa shape index (κ2) is 5.17. The molecule has 2 saturated heterocycles. The monoisotopic (exact) mass is 252 g/mol. The van der Waals surface area contributed by atoms with E-state index < -0.39 is 0 Å². The van der Waals surface area contributed by atoms with Gasteiger partial charge in [0.25, 0.3) is 0 Å². The highest BCUT2D eigenvalue weighted by Gasteiger charge is 2.36. The Hall–Kier alpha value is -0.610. The van der Waals surface area contributed by atoms with Crippen molar-refractivity contribution < 1.29 is 9.53 Å². The maximum Gasteiger partial charge on any atom is 0.249 e. The second-order valence-corrected chi connectivity index (χ2v) is 6.25. The molecule has 4 heteroatoms. The average molecular weight is 252 g/mol. The van der Waals surface area contributed by atoms with E-state index in [0.29, 0.717) is 12.0 Å². The van der Waals surface area contributed by atoms with Crippen molar-refractivity contribution in [2.75, 3.05) is 19.7 Å². The summed E-state index contributed by atoms with van der Waals surface area (Å²) in [6.45, 7) is 5.15. The van der Waals surface area contributed by atoms with Crippen molar-refractivity contribution in [1.82, 2.24) is 10.6 Å². The minimum absolute atomic E-state index is 0.120. The molecule has 2 N–H and O–H groups in total. The summed E-state index contributed by atoms with van der Waals surface area (Å²) in [5.41, 5.74) is 0. The van der Waals surface area contributed by atoms with Gasteiger partial charge in [-0.3, -0.25) is 4.79 Å². The number of ether oxygens (including phenoxy) is 1. The molecule has 1 amide bonds. The number of amides is 1. The van der Waals surface area contributed by atoms with Crippen LogP contribution in [0.1, 0.15) is 32.6 Å². The van der Waals surface area contributed by atoms with Gasteiger partial charge in [0, 0.05) is 12.6 Å². The molecule has 0 aromatic rings. The number of carbonyl (C=O) groups is 1. The third-order valence-corrected chi connectivity index (χ3v) is 4.95. The van der Waals surface area contributed by atoms with Gasteiger partial charge in [0.05, 0.1) is 0 Å². The molecule has 18 heavy (non-hydrogen) atoms. The van der Waals surface area contributed by atoms with Gasteiger partial charge in [-0.25, -0.2) is 0 Å². The summed E-state index contributed by atoms with van der Waals surface area (Å²) in [4.78, 5) is 12.2. The smallest absolute Gasteiger partial charge is 0.249 e. The number of carbonyl (C=O) groups excluding carboxylic acids is 1. The molecular formula is C14H24N2O2. The van der Waals surface area contributed by atoms with Crippen molar-refractivity contribution in [2.24, 2.45) is 17.8 Å². The fourth-order valence-electron chi connectivity index (χ4n) is 3.74. The van der Waals surface area contributed by atoms with E-state index in [-0.39, 0.29) is 12.0 Å². The SMILES string of the molecule is CC1CCOC1C(=O)NC1CC[C@H]2CNC[C@H]2C1. The molecule has 3 rings (SSSR count). The van der Waals surface area contributed by atoms with E-state index in [1.807, 2.05) is 0 Å². The summed E-state index contributed by atoms with van der Waals surface area (Å²) in [6.07, 6.45) is 4.34. The Balaban J connectivity index is 1.52. The molecule has 0 bridgehead atoms. The minimum atomic E-state index is -0.204. The Bertz CT molecular complexity index is 321. The van der Waals surface area contributed by atoms with Crippen LogP contribution in [-0.2, 0) is 9.53 Å². The number of fused-ring (bicyclic) bond motifs is 1. The van der Waals surface area contributed by atoms with Crippen LogP contribution in [-0.4, -0.2) is 37.7 Å². The summed E-state index contributed by atoms with van der Waals surface area (Å²) < 4.78 is 5.53. The summed E-state index contributed by atoms with van der Waals surface area (Å²) in [6, 6.07) is 0.370. The lowest BCUT2D eigenvalue weighted by molar-refractivity contribution is -0.132. The van der Waals surface area contributed by atoms with E-state index in [0.717, 1.165) is 44.2 Å². The summed E-state index contributed by atoms with van der Waals surface area (Å²) in [5.74, 6) is 2.11. The van der Waals surface area contributed by atoms with Crippen LogP contribution in [0.3, 0.4) is 0 Å². The number of hydrogen-bond donors (Lipinski definition) is 2. The van der Waals surface area contributed by atoms with Gasteiger partial charge in [-0.1, -0.05) is 6.92 Å². The number of nitrogens with one attached hydrogen (secondary N) is 2. The maximum absolute atomic E-state index is 12.2. The van der Waals surface area contributed by atoms with Crippen molar-refractivity contribution in [3.05, 3.63) is 0 Å². The van der Waals surface area contributed by atoms with Crippen LogP contribution in [0.5, 0.6) is 0 Å². The maximum atomic E-state index is 12.2. The lowest BCUT2D eigenvalue weighted by Gasteiger charge is -2.32. The molecule has 0 aromatic carbocycles. The van der Waals surface area contributed by atoms with E-state index in [1.165, 1.54) is 13.0 Å². The van der Waals surface area contributed by atoms with Crippen LogP contribution in [0, 0.1) is 17.8 Å². The summed E-state index contributed by atoms with van der Waals surface area (Å²) >= 11 is 0. The molecule has 0 radical (unpaired) electrons. The first-order chi connectivity index (χ1) is 8.74. The lowest BCUT2D eigenvalue weighted by Crippen LogP contribution is -2.46. The first-order valence-corrected chi connectivity index (χ1v) is 7.36. The van der Waals surface area contributed by atoms with Crippen LogP contribution < -0.4 is 10.6 Å². The average Bonchev–Trinajstić information content (AvgIpc) is 2.96. The molecule has 2 aliphatic heterocycles. The first-order valence-electron chi connectivity index (χ1n) is 7.36. The standard InChI is InChI=1S/C14H24N2O2/c1-9-4-5-18-13(9)14(17)16-12-3-2-10-7-15-8-11(10)6-12/h9-13,15H,2-8H2,1H3,(H,16,17)/t9?,10-,11+,12?,13?/m0/s1. The number of hydrogen-bond acceptors (Lipinski definition) is 3. The van der Waals surface area contributed by atoms with E-state index in [1.54, 1.807) is 0 Å².